The Balaban J connectivity index is 1.29. The van der Waals surface area contributed by atoms with Gasteiger partial charge in [-0.05, 0) is 49.9 Å². The van der Waals surface area contributed by atoms with Crippen molar-refractivity contribution < 1.29 is 14.2 Å². The van der Waals surface area contributed by atoms with Gasteiger partial charge in [-0.2, -0.15) is 5.10 Å². The number of aromatic nitrogens is 4. The first-order chi connectivity index (χ1) is 16.7. The predicted octanol–water partition coefficient (Wildman–Crippen LogP) is 3.30. The van der Waals surface area contributed by atoms with E-state index in [1.807, 2.05) is 30.5 Å². The Kier molecular flexibility index (Phi) is 4.79. The fourth-order valence-corrected chi connectivity index (χ4v) is 6.04. The van der Waals surface area contributed by atoms with Gasteiger partial charge in [0.1, 0.15) is 5.82 Å². The van der Waals surface area contributed by atoms with E-state index in [2.05, 4.69) is 9.58 Å². The molecule has 9 nitrogen and oxygen atoms in total. The van der Waals surface area contributed by atoms with E-state index >= 15 is 0 Å². The van der Waals surface area contributed by atoms with Crippen molar-refractivity contribution >= 4 is 22.5 Å². The molecule has 1 aromatic carbocycles. The van der Waals surface area contributed by atoms with Gasteiger partial charge in [0.2, 0.25) is 0 Å². The molecule has 178 valence electrons. The van der Waals surface area contributed by atoms with Crippen LogP contribution in [0.4, 0.5) is 11.5 Å². The highest BCUT2D eigenvalue weighted by molar-refractivity contribution is 5.89. The number of rotatable bonds is 3. The standard InChI is InChI=1S/C25H30N6O3/c26-17-3-1-16(2-4-17)22-28-23(30-14-19-5-6-20(15-30)34-19)21-13-27-31(24(21)29-22)18-7-9-25(10-8-18)32-11-12-33-25/h1-4,13,18-20H,5-12,14-15,26H2/t19-,20-/m1/s1. The highest BCUT2D eigenvalue weighted by Crippen LogP contribution is 2.42. The van der Waals surface area contributed by atoms with Crippen molar-refractivity contribution in [3.8, 4) is 11.4 Å². The normalized spacial score (nSPS) is 26.6. The molecule has 2 atom stereocenters. The van der Waals surface area contributed by atoms with Crippen LogP contribution in [0.25, 0.3) is 22.4 Å². The monoisotopic (exact) mass is 462 g/mol. The Morgan fingerprint density at radius 2 is 1.62 bits per heavy atom. The number of morpholine rings is 1. The van der Waals surface area contributed by atoms with Crippen LogP contribution in [-0.4, -0.2) is 64.0 Å². The number of nitrogens with two attached hydrogens (primary N) is 1. The average Bonchev–Trinajstić information content (AvgIpc) is 3.58. The Morgan fingerprint density at radius 1 is 0.912 bits per heavy atom. The van der Waals surface area contributed by atoms with Crippen molar-refractivity contribution in [3.05, 3.63) is 30.5 Å². The fourth-order valence-electron chi connectivity index (χ4n) is 6.04. The number of hydrogen-bond acceptors (Lipinski definition) is 8. The van der Waals surface area contributed by atoms with E-state index < -0.39 is 0 Å². The lowest BCUT2D eigenvalue weighted by molar-refractivity contribution is -0.181. The summed E-state index contributed by atoms with van der Waals surface area (Å²) in [5.41, 5.74) is 8.51. The van der Waals surface area contributed by atoms with Gasteiger partial charge in [-0.25, -0.2) is 14.6 Å². The SMILES string of the molecule is Nc1ccc(-c2nc(N3C[C@H]4CC[C@H](C3)O4)c3cnn(C4CCC5(CC4)OCCO5)c3n2)cc1. The maximum absolute atomic E-state index is 6.09. The van der Waals surface area contributed by atoms with E-state index in [1.165, 1.54) is 0 Å². The maximum Gasteiger partial charge on any atom is 0.168 e. The molecule has 4 fully saturated rings. The molecule has 34 heavy (non-hydrogen) atoms. The predicted molar refractivity (Wildman–Crippen MR) is 127 cm³/mol. The summed E-state index contributed by atoms with van der Waals surface area (Å²) in [6, 6.07) is 8.04. The molecule has 4 aliphatic rings. The van der Waals surface area contributed by atoms with E-state index in [4.69, 9.17) is 35.0 Å². The molecular weight excluding hydrogens is 432 g/mol. The van der Waals surface area contributed by atoms with Crippen LogP contribution in [0.15, 0.2) is 30.5 Å². The van der Waals surface area contributed by atoms with Gasteiger partial charge in [0.25, 0.3) is 0 Å². The first kappa shape index (κ1) is 20.6. The lowest BCUT2D eigenvalue weighted by Gasteiger charge is -2.35. The number of fused-ring (bicyclic) bond motifs is 3. The zero-order valence-electron chi connectivity index (χ0n) is 19.2. The number of anilines is 2. The van der Waals surface area contributed by atoms with Gasteiger partial charge in [0.15, 0.2) is 17.3 Å². The molecule has 3 saturated heterocycles. The van der Waals surface area contributed by atoms with Crippen LogP contribution >= 0.6 is 0 Å². The molecule has 3 aromatic rings. The van der Waals surface area contributed by atoms with Gasteiger partial charge in [0, 0.05) is 37.2 Å². The van der Waals surface area contributed by atoms with Gasteiger partial charge in [-0.3, -0.25) is 0 Å². The second kappa shape index (κ2) is 7.90. The van der Waals surface area contributed by atoms with Crippen molar-refractivity contribution in [1.29, 1.82) is 0 Å². The topological polar surface area (TPSA) is 101 Å². The summed E-state index contributed by atoms with van der Waals surface area (Å²) in [4.78, 5) is 12.5. The molecule has 0 amide bonds. The second-order valence-corrected chi connectivity index (χ2v) is 10.0. The smallest absolute Gasteiger partial charge is 0.168 e. The van der Waals surface area contributed by atoms with Crippen molar-refractivity contribution in [3.63, 3.8) is 0 Å². The summed E-state index contributed by atoms with van der Waals surface area (Å²) in [5.74, 6) is 1.28. The Labute approximate surface area is 198 Å². The third-order valence-corrected chi connectivity index (χ3v) is 7.82. The zero-order valence-corrected chi connectivity index (χ0v) is 19.2. The zero-order chi connectivity index (χ0) is 22.7. The molecule has 1 spiro atoms. The quantitative estimate of drug-likeness (QED) is 0.592. The molecule has 9 heteroatoms. The lowest BCUT2D eigenvalue weighted by atomic mass is 9.90. The summed E-state index contributed by atoms with van der Waals surface area (Å²) in [7, 11) is 0. The van der Waals surface area contributed by atoms with Gasteiger partial charge in [-0.15, -0.1) is 0 Å². The number of benzene rings is 1. The van der Waals surface area contributed by atoms with Crippen molar-refractivity contribution in [2.24, 2.45) is 0 Å². The van der Waals surface area contributed by atoms with Gasteiger partial charge < -0.3 is 24.8 Å². The summed E-state index contributed by atoms with van der Waals surface area (Å²) >= 11 is 0. The Morgan fingerprint density at radius 3 is 2.32 bits per heavy atom. The average molecular weight is 463 g/mol. The van der Waals surface area contributed by atoms with E-state index in [9.17, 15) is 0 Å². The summed E-state index contributed by atoms with van der Waals surface area (Å²) in [5, 5.41) is 5.86. The molecule has 0 radical (unpaired) electrons. The first-order valence-electron chi connectivity index (χ1n) is 12.5. The fraction of sp³-hybridized carbons (Fsp3) is 0.560. The summed E-state index contributed by atoms with van der Waals surface area (Å²) < 4.78 is 20.1. The second-order valence-electron chi connectivity index (χ2n) is 10.0. The molecular formula is C25H30N6O3. The van der Waals surface area contributed by atoms with E-state index in [1.54, 1.807) is 0 Å². The lowest BCUT2D eigenvalue weighted by Crippen LogP contribution is -2.43. The summed E-state index contributed by atoms with van der Waals surface area (Å²) in [6.45, 7) is 3.10. The highest BCUT2D eigenvalue weighted by Gasteiger charge is 2.41. The third kappa shape index (κ3) is 3.45. The molecule has 2 aromatic heterocycles. The van der Waals surface area contributed by atoms with Crippen LogP contribution in [0.1, 0.15) is 44.6 Å². The number of hydrogen-bond donors (Lipinski definition) is 1. The number of ether oxygens (including phenoxy) is 3. The largest absolute Gasteiger partial charge is 0.399 e. The van der Waals surface area contributed by atoms with Crippen LogP contribution in [-0.2, 0) is 14.2 Å². The minimum absolute atomic E-state index is 0.263. The minimum Gasteiger partial charge on any atom is -0.399 e. The van der Waals surface area contributed by atoms with Crippen molar-refractivity contribution in [1.82, 2.24) is 19.7 Å². The molecule has 7 rings (SSSR count). The van der Waals surface area contributed by atoms with Crippen LogP contribution in [0.3, 0.4) is 0 Å². The van der Waals surface area contributed by atoms with Crippen molar-refractivity contribution in [2.75, 3.05) is 36.9 Å². The van der Waals surface area contributed by atoms with E-state index in [0.29, 0.717) is 19.0 Å². The molecule has 2 N–H and O–H groups in total. The van der Waals surface area contributed by atoms with Crippen LogP contribution < -0.4 is 10.6 Å². The Bertz CT molecular complexity index is 1180. The number of nitrogen functional groups attached to an aromatic ring is 1. The van der Waals surface area contributed by atoms with Gasteiger partial charge in [0.05, 0.1) is 43.0 Å². The van der Waals surface area contributed by atoms with Crippen LogP contribution in [0, 0.1) is 0 Å². The molecule has 3 aliphatic heterocycles. The van der Waals surface area contributed by atoms with Crippen LogP contribution in [0.5, 0.6) is 0 Å². The van der Waals surface area contributed by atoms with Gasteiger partial charge >= 0.3 is 0 Å². The maximum atomic E-state index is 6.09. The van der Waals surface area contributed by atoms with Crippen molar-refractivity contribution in [2.45, 2.75) is 62.6 Å². The number of nitrogens with zero attached hydrogens (tertiary/aromatic N) is 5. The molecule has 1 aliphatic carbocycles. The van der Waals surface area contributed by atoms with Gasteiger partial charge in [-0.1, -0.05) is 0 Å². The molecule has 2 bridgehead atoms. The third-order valence-electron chi connectivity index (χ3n) is 7.82. The summed E-state index contributed by atoms with van der Waals surface area (Å²) in [6.07, 6.45) is 8.41. The van der Waals surface area contributed by atoms with E-state index in [-0.39, 0.29) is 24.0 Å². The molecule has 5 heterocycles. The van der Waals surface area contributed by atoms with E-state index in [0.717, 1.165) is 79.7 Å². The van der Waals surface area contributed by atoms with Crippen LogP contribution in [0.2, 0.25) is 0 Å². The minimum atomic E-state index is -0.387. The Hall–Kier alpha value is -2.75. The highest BCUT2D eigenvalue weighted by atomic mass is 16.7. The first-order valence-corrected chi connectivity index (χ1v) is 12.5. The molecule has 1 saturated carbocycles. The molecule has 0 unspecified atom stereocenters.